The predicted molar refractivity (Wildman–Crippen MR) is 126 cm³/mol. The van der Waals surface area contributed by atoms with Gasteiger partial charge >= 0.3 is 11.9 Å². The van der Waals surface area contributed by atoms with Gasteiger partial charge in [-0.3, -0.25) is 14.4 Å². The fraction of sp³-hybridized carbons (Fsp3) is 0.679. The molecule has 0 spiro atoms. The Morgan fingerprint density at radius 1 is 1.17 bits per heavy atom. The van der Waals surface area contributed by atoms with Crippen LogP contribution in [0.4, 0.5) is 0 Å². The third-order valence-electron chi connectivity index (χ3n) is 10.3. The highest BCUT2D eigenvalue weighted by atomic mass is 16.5. The van der Waals surface area contributed by atoms with E-state index in [4.69, 9.17) is 13.9 Å². The Morgan fingerprint density at radius 3 is 2.51 bits per heavy atom. The molecule has 1 aliphatic heterocycles. The lowest BCUT2D eigenvalue weighted by Gasteiger charge is -2.66. The van der Waals surface area contributed by atoms with Gasteiger partial charge in [-0.25, -0.2) is 0 Å². The van der Waals surface area contributed by atoms with Crippen LogP contribution in [0.25, 0.3) is 0 Å². The van der Waals surface area contributed by atoms with Gasteiger partial charge in [0.1, 0.15) is 11.9 Å². The van der Waals surface area contributed by atoms with E-state index in [2.05, 4.69) is 6.92 Å². The molecular formula is C28H36O7. The summed E-state index contributed by atoms with van der Waals surface area (Å²) in [6, 6.07) is 1.84. The lowest BCUT2D eigenvalue weighted by atomic mass is 9.37. The molecule has 1 saturated heterocycles. The van der Waals surface area contributed by atoms with Crippen LogP contribution in [-0.2, 0) is 23.9 Å². The lowest BCUT2D eigenvalue weighted by Crippen LogP contribution is -2.70. The normalized spacial score (nSPS) is 42.1. The Morgan fingerprint density at radius 2 is 1.89 bits per heavy atom. The monoisotopic (exact) mass is 484 g/mol. The number of Topliss-reactive ketones (excluding diaryl/α,β-unsaturated/α-hetero) is 1. The van der Waals surface area contributed by atoms with Crippen molar-refractivity contribution >= 4 is 17.7 Å². The van der Waals surface area contributed by atoms with E-state index in [0.29, 0.717) is 6.42 Å². The molecule has 1 aromatic heterocycles. The number of hydrogen-bond acceptors (Lipinski definition) is 7. The average molecular weight is 485 g/mol. The van der Waals surface area contributed by atoms with Crippen molar-refractivity contribution in [3.8, 4) is 0 Å². The Balaban J connectivity index is 1.71. The summed E-state index contributed by atoms with van der Waals surface area (Å²) in [5.74, 6) is -1.16. The molecule has 2 heterocycles. The number of furan rings is 1. The molecule has 190 valence electrons. The number of carbonyl (C=O) groups is 3. The van der Waals surface area contributed by atoms with Gasteiger partial charge in [-0.2, -0.15) is 0 Å². The highest BCUT2D eigenvalue weighted by Crippen LogP contribution is 2.70. The van der Waals surface area contributed by atoms with Crippen molar-refractivity contribution < 1.29 is 33.4 Å². The van der Waals surface area contributed by atoms with E-state index in [-0.39, 0.29) is 36.5 Å². The van der Waals surface area contributed by atoms with Gasteiger partial charge in [-0.1, -0.05) is 33.3 Å². The first-order valence-electron chi connectivity index (χ1n) is 12.6. The van der Waals surface area contributed by atoms with Crippen molar-refractivity contribution in [2.75, 3.05) is 7.11 Å². The number of cyclic esters (lactones) is 1. The Kier molecular flexibility index (Phi) is 5.24. The van der Waals surface area contributed by atoms with E-state index >= 15 is 0 Å². The third kappa shape index (κ3) is 3.03. The second-order valence-electron chi connectivity index (χ2n) is 12.4. The van der Waals surface area contributed by atoms with E-state index < -0.39 is 39.8 Å². The van der Waals surface area contributed by atoms with Gasteiger partial charge in [0.25, 0.3) is 0 Å². The van der Waals surface area contributed by atoms with Crippen LogP contribution in [0.15, 0.2) is 34.2 Å². The van der Waals surface area contributed by atoms with Crippen LogP contribution in [0.5, 0.6) is 0 Å². The zero-order valence-electron chi connectivity index (χ0n) is 21.5. The summed E-state index contributed by atoms with van der Waals surface area (Å²) in [5.41, 5.74) is -0.0141. The van der Waals surface area contributed by atoms with Crippen molar-refractivity contribution in [3.05, 3.63) is 35.3 Å². The molecular weight excluding hydrogens is 448 g/mol. The minimum atomic E-state index is -1.01. The van der Waals surface area contributed by atoms with Crippen LogP contribution in [0.2, 0.25) is 0 Å². The number of fused-ring (bicyclic) bond motifs is 5. The maximum absolute atomic E-state index is 14.2. The van der Waals surface area contributed by atoms with Crippen LogP contribution < -0.4 is 0 Å². The van der Waals surface area contributed by atoms with Crippen molar-refractivity contribution in [2.45, 2.75) is 78.9 Å². The summed E-state index contributed by atoms with van der Waals surface area (Å²) in [7, 11) is 1.35. The second-order valence-corrected chi connectivity index (χ2v) is 12.4. The molecule has 7 atom stereocenters. The molecule has 3 fully saturated rings. The minimum Gasteiger partial charge on any atom is -0.472 e. The molecule has 1 aromatic rings. The zero-order valence-corrected chi connectivity index (χ0v) is 21.5. The fourth-order valence-corrected chi connectivity index (χ4v) is 8.53. The highest BCUT2D eigenvalue weighted by molar-refractivity contribution is 5.95. The number of rotatable bonds is 3. The van der Waals surface area contributed by atoms with Crippen molar-refractivity contribution in [1.82, 2.24) is 0 Å². The Labute approximate surface area is 206 Å². The number of aliphatic hydroxyl groups excluding tert-OH is 1. The summed E-state index contributed by atoms with van der Waals surface area (Å²) in [6.07, 6.45) is 3.95. The SMILES string of the molecule is COC(=O)C[C@H]1C(C)(C)[C@H](O)[C@]2(C)CC3=C4CC(=O)O[C@@H](c5ccoc5)[C@]4(C)CC[C@@H]3[C@@]1(C)C2=O. The number of allylic oxidation sites excluding steroid dienone is 1. The van der Waals surface area contributed by atoms with E-state index in [1.165, 1.54) is 7.11 Å². The van der Waals surface area contributed by atoms with Gasteiger partial charge in [0, 0.05) is 22.8 Å². The molecule has 2 saturated carbocycles. The van der Waals surface area contributed by atoms with Crippen LogP contribution in [0.1, 0.15) is 78.4 Å². The van der Waals surface area contributed by atoms with Crippen molar-refractivity contribution in [1.29, 1.82) is 0 Å². The van der Waals surface area contributed by atoms with Gasteiger partial charge in [-0.15, -0.1) is 0 Å². The molecule has 0 unspecified atom stereocenters. The number of ether oxygens (including phenoxy) is 2. The van der Waals surface area contributed by atoms with E-state index in [1.807, 2.05) is 33.8 Å². The van der Waals surface area contributed by atoms with Gasteiger partial charge in [0.2, 0.25) is 0 Å². The highest BCUT2D eigenvalue weighted by Gasteiger charge is 2.71. The molecule has 0 aromatic carbocycles. The third-order valence-corrected chi connectivity index (χ3v) is 10.3. The lowest BCUT2D eigenvalue weighted by molar-refractivity contribution is -0.204. The maximum atomic E-state index is 14.2. The summed E-state index contributed by atoms with van der Waals surface area (Å²) in [5, 5.41) is 11.7. The average Bonchev–Trinajstić information content (AvgIpc) is 3.34. The van der Waals surface area contributed by atoms with Gasteiger partial charge < -0.3 is 19.0 Å². The standard InChI is InChI=1S/C28H36O7/c1-25(2)19(12-20(29)33-6)28(5)17-7-9-26(3)18(16(17)13-27(4,23(25)31)24(28)32)11-21(30)35-22(26)15-8-10-34-14-15/h8,10,14,17,19,22-23,31H,7,9,11-13H2,1-6H3/t17-,19-,22-,23-,26+,27-,28+/m0/s1. The molecule has 5 rings (SSSR count). The smallest absolute Gasteiger partial charge is 0.310 e. The molecule has 0 amide bonds. The topological polar surface area (TPSA) is 103 Å². The summed E-state index contributed by atoms with van der Waals surface area (Å²) in [6.45, 7) is 9.91. The quantitative estimate of drug-likeness (QED) is 0.496. The van der Waals surface area contributed by atoms with E-state index in [1.54, 1.807) is 12.5 Å². The number of ketones is 1. The van der Waals surface area contributed by atoms with Gasteiger partial charge in [-0.05, 0) is 55.1 Å². The minimum absolute atomic E-state index is 0.0217. The number of methoxy groups -OCH3 is 1. The van der Waals surface area contributed by atoms with E-state index in [0.717, 1.165) is 29.6 Å². The maximum Gasteiger partial charge on any atom is 0.310 e. The van der Waals surface area contributed by atoms with Gasteiger partial charge in [0.15, 0.2) is 0 Å². The predicted octanol–water partition coefficient (Wildman–Crippen LogP) is 4.55. The first-order chi connectivity index (χ1) is 16.3. The summed E-state index contributed by atoms with van der Waals surface area (Å²) in [4.78, 5) is 39.6. The number of aliphatic hydroxyl groups is 1. The van der Waals surface area contributed by atoms with Crippen LogP contribution >= 0.6 is 0 Å². The van der Waals surface area contributed by atoms with Crippen molar-refractivity contribution in [2.24, 2.45) is 33.5 Å². The fourth-order valence-electron chi connectivity index (χ4n) is 8.53. The molecule has 0 radical (unpaired) electrons. The summed E-state index contributed by atoms with van der Waals surface area (Å²) < 4.78 is 16.2. The Bertz CT molecular complexity index is 1110. The molecule has 35 heavy (non-hydrogen) atoms. The second kappa shape index (κ2) is 7.55. The number of hydrogen-bond donors (Lipinski definition) is 1. The van der Waals surface area contributed by atoms with Crippen LogP contribution in [-0.4, -0.2) is 36.0 Å². The molecule has 1 N–H and O–H groups in total. The van der Waals surface area contributed by atoms with E-state index in [9.17, 15) is 19.5 Å². The van der Waals surface area contributed by atoms with Crippen LogP contribution in [0.3, 0.4) is 0 Å². The molecule has 7 heteroatoms. The number of esters is 2. The first-order valence-corrected chi connectivity index (χ1v) is 12.6. The molecule has 2 bridgehead atoms. The van der Waals surface area contributed by atoms with Crippen molar-refractivity contribution in [3.63, 3.8) is 0 Å². The van der Waals surface area contributed by atoms with Crippen LogP contribution in [0, 0.1) is 33.5 Å². The first kappa shape index (κ1) is 24.3. The largest absolute Gasteiger partial charge is 0.472 e. The Hall–Kier alpha value is -2.41. The number of carbonyl (C=O) groups excluding carboxylic acids is 3. The summed E-state index contributed by atoms with van der Waals surface area (Å²) >= 11 is 0. The molecule has 3 aliphatic carbocycles. The van der Waals surface area contributed by atoms with Gasteiger partial charge in [0.05, 0.1) is 37.6 Å². The molecule has 7 nitrogen and oxygen atoms in total. The zero-order chi connectivity index (χ0) is 25.6. The molecule has 4 aliphatic rings.